The predicted octanol–water partition coefficient (Wildman–Crippen LogP) is 3.58. The number of hydrogen-bond acceptors (Lipinski definition) is 2. The first-order valence-electron chi connectivity index (χ1n) is 8.50. The summed E-state index contributed by atoms with van der Waals surface area (Å²) in [4.78, 5) is 19.8. The first-order valence-corrected chi connectivity index (χ1v) is 8.50. The number of nitrogens with one attached hydrogen (secondary N) is 1. The van der Waals surface area contributed by atoms with Crippen LogP contribution in [0.5, 0.6) is 0 Å². The molecule has 4 rings (SSSR count). The maximum absolute atomic E-state index is 13.9. The summed E-state index contributed by atoms with van der Waals surface area (Å²) in [5, 5.41) is 1.05. The van der Waals surface area contributed by atoms with Gasteiger partial charge in [-0.3, -0.25) is 4.79 Å². The third-order valence-corrected chi connectivity index (χ3v) is 4.77. The lowest BCUT2D eigenvalue weighted by molar-refractivity contribution is 0.0741. The minimum absolute atomic E-state index is 0.00189. The van der Waals surface area contributed by atoms with Gasteiger partial charge in [0.15, 0.2) is 0 Å². The number of para-hydroxylation sites is 1. The van der Waals surface area contributed by atoms with E-state index in [2.05, 4.69) is 11.1 Å². The molecule has 0 unspecified atom stereocenters. The molecule has 0 saturated carbocycles. The number of aromatic amines is 1. The Bertz CT molecular complexity index is 926. The molecule has 0 bridgehead atoms. The summed E-state index contributed by atoms with van der Waals surface area (Å²) in [6.45, 7) is 4.47. The van der Waals surface area contributed by atoms with Gasteiger partial charge in [-0.05, 0) is 37.3 Å². The smallest absolute Gasteiger partial charge is 0.270 e. The number of halogens is 1. The number of carbonyl (C=O) groups excluding carboxylic acids is 1. The van der Waals surface area contributed by atoms with Crippen molar-refractivity contribution in [3.05, 3.63) is 65.6 Å². The molecule has 0 spiro atoms. The molecule has 1 aromatic heterocycles. The molecule has 25 heavy (non-hydrogen) atoms. The Morgan fingerprint density at radius 2 is 1.80 bits per heavy atom. The average molecular weight is 337 g/mol. The Hall–Kier alpha value is -2.82. The maximum Gasteiger partial charge on any atom is 0.270 e. The van der Waals surface area contributed by atoms with E-state index in [-0.39, 0.29) is 11.7 Å². The van der Waals surface area contributed by atoms with E-state index < -0.39 is 0 Å². The molecule has 0 aliphatic carbocycles. The number of benzene rings is 2. The fourth-order valence-electron chi connectivity index (χ4n) is 3.40. The quantitative estimate of drug-likeness (QED) is 0.776. The van der Waals surface area contributed by atoms with Crippen LogP contribution in [0.25, 0.3) is 10.9 Å². The number of carbonyl (C=O) groups is 1. The average Bonchev–Trinajstić information content (AvgIpc) is 3.05. The second kappa shape index (κ2) is 6.24. The molecule has 1 N–H and O–H groups in total. The van der Waals surface area contributed by atoms with E-state index in [1.165, 1.54) is 11.6 Å². The van der Waals surface area contributed by atoms with Crippen LogP contribution in [-0.4, -0.2) is 42.0 Å². The molecule has 0 atom stereocenters. The number of amides is 1. The lowest BCUT2D eigenvalue weighted by Gasteiger charge is -2.36. The van der Waals surface area contributed by atoms with E-state index in [0.29, 0.717) is 37.6 Å². The van der Waals surface area contributed by atoms with E-state index in [1.807, 2.05) is 41.0 Å². The van der Waals surface area contributed by atoms with Gasteiger partial charge in [0.25, 0.3) is 5.91 Å². The number of anilines is 1. The fraction of sp³-hybridized carbons (Fsp3) is 0.250. The zero-order chi connectivity index (χ0) is 17.4. The second-order valence-corrected chi connectivity index (χ2v) is 6.50. The number of rotatable bonds is 2. The molecular formula is C20H20FN3O. The van der Waals surface area contributed by atoms with Crippen molar-refractivity contribution < 1.29 is 9.18 Å². The molecule has 3 aromatic rings. The van der Waals surface area contributed by atoms with Crippen LogP contribution in [0.15, 0.2) is 48.5 Å². The largest absolute Gasteiger partial charge is 0.366 e. The van der Waals surface area contributed by atoms with Crippen molar-refractivity contribution >= 4 is 22.5 Å². The second-order valence-electron chi connectivity index (χ2n) is 6.50. The zero-order valence-corrected chi connectivity index (χ0v) is 14.1. The first kappa shape index (κ1) is 15.7. The van der Waals surface area contributed by atoms with E-state index in [4.69, 9.17) is 0 Å². The summed E-state index contributed by atoms with van der Waals surface area (Å²) in [5.41, 5.74) is 3.36. The zero-order valence-electron chi connectivity index (χ0n) is 14.1. The summed E-state index contributed by atoms with van der Waals surface area (Å²) >= 11 is 0. The van der Waals surface area contributed by atoms with E-state index >= 15 is 0 Å². The number of hydrogen-bond donors (Lipinski definition) is 1. The Balaban J connectivity index is 1.48. The number of fused-ring (bicyclic) bond motifs is 1. The standard InChI is InChI=1S/C20H20FN3O/c1-14-6-7-17-15(12-14)13-18(22-17)20(25)24-10-8-23(9-11-24)19-5-3-2-4-16(19)21/h2-7,12-13,22H,8-11H2,1H3. The molecule has 1 amide bonds. The summed E-state index contributed by atoms with van der Waals surface area (Å²) in [7, 11) is 0. The maximum atomic E-state index is 13.9. The molecule has 1 fully saturated rings. The van der Waals surface area contributed by atoms with Crippen LogP contribution < -0.4 is 4.90 Å². The molecule has 0 radical (unpaired) electrons. The van der Waals surface area contributed by atoms with Gasteiger partial charge in [-0.2, -0.15) is 0 Å². The molecule has 2 aromatic carbocycles. The Morgan fingerprint density at radius 1 is 1.04 bits per heavy atom. The van der Waals surface area contributed by atoms with Crippen molar-refractivity contribution in [2.45, 2.75) is 6.92 Å². The van der Waals surface area contributed by atoms with Gasteiger partial charge in [-0.25, -0.2) is 4.39 Å². The summed E-state index contributed by atoms with van der Waals surface area (Å²) in [6.07, 6.45) is 0. The summed E-state index contributed by atoms with van der Waals surface area (Å²) in [5.74, 6) is -0.213. The van der Waals surface area contributed by atoms with Crippen LogP contribution in [0.4, 0.5) is 10.1 Å². The Kier molecular flexibility index (Phi) is 3.92. The van der Waals surface area contributed by atoms with Gasteiger partial charge in [-0.15, -0.1) is 0 Å². The summed E-state index contributed by atoms with van der Waals surface area (Å²) in [6, 6.07) is 14.8. The van der Waals surface area contributed by atoms with Crippen molar-refractivity contribution in [3.63, 3.8) is 0 Å². The van der Waals surface area contributed by atoms with E-state index in [0.717, 1.165) is 10.9 Å². The molecule has 4 nitrogen and oxygen atoms in total. The molecule has 5 heteroatoms. The number of nitrogens with zero attached hydrogens (tertiary/aromatic N) is 2. The summed E-state index contributed by atoms with van der Waals surface area (Å²) < 4.78 is 13.9. The van der Waals surface area contributed by atoms with Crippen molar-refractivity contribution in [1.29, 1.82) is 0 Å². The molecule has 1 aliphatic rings. The highest BCUT2D eigenvalue weighted by Gasteiger charge is 2.24. The van der Waals surface area contributed by atoms with Crippen LogP contribution in [0.2, 0.25) is 0 Å². The van der Waals surface area contributed by atoms with Crippen LogP contribution >= 0.6 is 0 Å². The third kappa shape index (κ3) is 2.97. The van der Waals surface area contributed by atoms with Crippen molar-refractivity contribution in [2.24, 2.45) is 0 Å². The monoisotopic (exact) mass is 337 g/mol. The number of aromatic nitrogens is 1. The van der Waals surface area contributed by atoms with Gasteiger partial charge in [0.2, 0.25) is 0 Å². The Labute approximate surface area is 145 Å². The fourth-order valence-corrected chi connectivity index (χ4v) is 3.40. The van der Waals surface area contributed by atoms with E-state index in [1.54, 1.807) is 12.1 Å². The van der Waals surface area contributed by atoms with Gasteiger partial charge < -0.3 is 14.8 Å². The molecular weight excluding hydrogens is 317 g/mol. The minimum Gasteiger partial charge on any atom is -0.366 e. The first-order chi connectivity index (χ1) is 12.1. The Morgan fingerprint density at radius 3 is 2.56 bits per heavy atom. The predicted molar refractivity (Wildman–Crippen MR) is 97.6 cm³/mol. The number of H-pyrrole nitrogens is 1. The SMILES string of the molecule is Cc1ccc2[nH]c(C(=O)N3CCN(c4ccccc4F)CC3)cc2c1. The van der Waals surface area contributed by atoms with Gasteiger partial charge in [0.1, 0.15) is 11.5 Å². The van der Waals surface area contributed by atoms with Crippen LogP contribution in [0.1, 0.15) is 16.1 Å². The highest BCUT2D eigenvalue weighted by Crippen LogP contribution is 2.22. The van der Waals surface area contributed by atoms with Crippen molar-refractivity contribution in [2.75, 3.05) is 31.1 Å². The van der Waals surface area contributed by atoms with Gasteiger partial charge >= 0.3 is 0 Å². The molecule has 1 aliphatic heterocycles. The van der Waals surface area contributed by atoms with Crippen LogP contribution in [-0.2, 0) is 0 Å². The lowest BCUT2D eigenvalue weighted by Crippen LogP contribution is -2.49. The topological polar surface area (TPSA) is 39.3 Å². The highest BCUT2D eigenvalue weighted by molar-refractivity contribution is 5.98. The third-order valence-electron chi connectivity index (χ3n) is 4.77. The lowest BCUT2D eigenvalue weighted by atomic mass is 10.2. The normalized spacial score (nSPS) is 15.0. The van der Waals surface area contributed by atoms with Crippen LogP contribution in [0, 0.1) is 12.7 Å². The number of piperazine rings is 1. The van der Waals surface area contributed by atoms with Gasteiger partial charge in [0, 0.05) is 37.1 Å². The molecule has 2 heterocycles. The number of aryl methyl sites for hydroxylation is 1. The molecule has 1 saturated heterocycles. The van der Waals surface area contributed by atoms with Crippen LogP contribution in [0.3, 0.4) is 0 Å². The van der Waals surface area contributed by atoms with E-state index in [9.17, 15) is 9.18 Å². The van der Waals surface area contributed by atoms with Gasteiger partial charge in [-0.1, -0.05) is 23.8 Å². The van der Waals surface area contributed by atoms with Crippen molar-refractivity contribution in [1.82, 2.24) is 9.88 Å². The van der Waals surface area contributed by atoms with Crippen molar-refractivity contribution in [3.8, 4) is 0 Å². The van der Waals surface area contributed by atoms with Gasteiger partial charge in [0.05, 0.1) is 5.69 Å². The highest BCUT2D eigenvalue weighted by atomic mass is 19.1. The molecule has 128 valence electrons. The minimum atomic E-state index is -0.215.